The summed E-state index contributed by atoms with van der Waals surface area (Å²) in [6.07, 6.45) is 7.95. The third-order valence-corrected chi connectivity index (χ3v) is 9.31. The van der Waals surface area contributed by atoms with Gasteiger partial charge in [0.1, 0.15) is 5.76 Å². The summed E-state index contributed by atoms with van der Waals surface area (Å²) in [5.41, 5.74) is 6.51. The molecule has 1 heterocycles. The molecule has 3 aliphatic carbocycles. The smallest absolute Gasteiger partial charge is 0.209 e. The van der Waals surface area contributed by atoms with Crippen molar-refractivity contribution >= 4 is 15.6 Å². The van der Waals surface area contributed by atoms with Gasteiger partial charge in [0.2, 0.25) is 10.0 Å². The van der Waals surface area contributed by atoms with Gasteiger partial charge in [0.05, 0.1) is 12.0 Å². The van der Waals surface area contributed by atoms with Crippen LogP contribution in [0.1, 0.15) is 78.0 Å². The van der Waals surface area contributed by atoms with E-state index in [0.29, 0.717) is 11.8 Å². The standard InChI is InChI=1S/C24H35NO3S/c1-15(2)22-17(6-7-21-19(22)9-11-28-21)12-16(3)20-13-18-8-10-24(20,23(18,4)5)14-29(25,26)27/h9,11,17-18H,6-8,10,12-14H2,1-5H3,(H2,25,26,27)/b20-16+/t17?,18?,24-/m0/s1. The van der Waals surface area contributed by atoms with Crippen molar-refractivity contribution in [1.29, 1.82) is 0 Å². The second-order valence-corrected chi connectivity index (χ2v) is 12.0. The predicted molar refractivity (Wildman–Crippen MR) is 118 cm³/mol. The van der Waals surface area contributed by atoms with Gasteiger partial charge in [-0.3, -0.25) is 0 Å². The Morgan fingerprint density at radius 1 is 1.24 bits per heavy atom. The van der Waals surface area contributed by atoms with Gasteiger partial charge in [-0.15, -0.1) is 0 Å². The van der Waals surface area contributed by atoms with E-state index < -0.39 is 10.0 Å². The monoisotopic (exact) mass is 417 g/mol. The predicted octanol–water partition coefficient (Wildman–Crippen LogP) is 5.46. The van der Waals surface area contributed by atoms with E-state index in [4.69, 9.17) is 9.56 Å². The van der Waals surface area contributed by atoms with Crippen LogP contribution in [0, 0.1) is 22.7 Å². The van der Waals surface area contributed by atoms with Crippen LogP contribution < -0.4 is 5.14 Å². The number of primary sulfonamides is 1. The minimum Gasteiger partial charge on any atom is -0.469 e. The van der Waals surface area contributed by atoms with Gasteiger partial charge in [-0.25, -0.2) is 13.6 Å². The van der Waals surface area contributed by atoms with E-state index in [1.807, 2.05) is 0 Å². The molecule has 160 valence electrons. The highest BCUT2D eigenvalue weighted by Crippen LogP contribution is 2.69. The molecule has 0 saturated heterocycles. The Morgan fingerprint density at radius 3 is 2.59 bits per heavy atom. The van der Waals surface area contributed by atoms with Crippen molar-refractivity contribution in [1.82, 2.24) is 0 Å². The zero-order valence-corrected chi connectivity index (χ0v) is 19.3. The molecule has 2 saturated carbocycles. The van der Waals surface area contributed by atoms with Gasteiger partial charge < -0.3 is 4.42 Å². The first-order valence-corrected chi connectivity index (χ1v) is 12.6. The number of allylic oxidation sites excluding steroid dienone is 4. The number of rotatable bonds is 4. The van der Waals surface area contributed by atoms with Crippen molar-refractivity contribution in [2.24, 2.45) is 27.8 Å². The maximum atomic E-state index is 12.2. The molecule has 0 radical (unpaired) electrons. The third-order valence-electron chi connectivity index (χ3n) is 8.42. The second kappa shape index (κ2) is 6.84. The summed E-state index contributed by atoms with van der Waals surface area (Å²) < 4.78 is 30.1. The van der Waals surface area contributed by atoms with Gasteiger partial charge in [-0.05, 0) is 81.8 Å². The molecule has 2 unspecified atom stereocenters. The van der Waals surface area contributed by atoms with Crippen LogP contribution in [-0.4, -0.2) is 14.2 Å². The van der Waals surface area contributed by atoms with Gasteiger partial charge in [-0.2, -0.15) is 0 Å². The van der Waals surface area contributed by atoms with Crippen LogP contribution in [0.4, 0.5) is 0 Å². The van der Waals surface area contributed by atoms with Crippen molar-refractivity contribution in [2.45, 2.75) is 73.1 Å². The van der Waals surface area contributed by atoms with E-state index in [1.54, 1.807) is 6.26 Å². The summed E-state index contributed by atoms with van der Waals surface area (Å²) in [5.74, 6) is 2.22. The molecule has 4 rings (SSSR count). The zero-order valence-electron chi connectivity index (χ0n) is 18.5. The summed E-state index contributed by atoms with van der Waals surface area (Å²) in [6, 6.07) is 2.11. The summed E-state index contributed by atoms with van der Waals surface area (Å²) in [5, 5.41) is 5.60. The average molecular weight is 418 g/mol. The maximum absolute atomic E-state index is 12.2. The summed E-state index contributed by atoms with van der Waals surface area (Å²) in [6.45, 7) is 11.1. The number of sulfonamides is 1. The normalized spacial score (nSPS) is 32.4. The van der Waals surface area contributed by atoms with Gasteiger partial charge in [0.15, 0.2) is 0 Å². The van der Waals surface area contributed by atoms with Crippen LogP contribution >= 0.6 is 0 Å². The molecule has 2 bridgehead atoms. The Balaban J connectivity index is 1.72. The van der Waals surface area contributed by atoms with Crippen molar-refractivity contribution in [3.63, 3.8) is 0 Å². The first kappa shape index (κ1) is 20.9. The number of hydrogen-bond acceptors (Lipinski definition) is 3. The lowest BCUT2D eigenvalue weighted by Crippen LogP contribution is -2.40. The van der Waals surface area contributed by atoms with Crippen LogP contribution in [0.5, 0.6) is 0 Å². The molecule has 0 amide bonds. The van der Waals surface area contributed by atoms with Gasteiger partial charge in [-0.1, -0.05) is 30.6 Å². The summed E-state index contributed by atoms with van der Waals surface area (Å²) in [7, 11) is -3.53. The topological polar surface area (TPSA) is 73.3 Å². The van der Waals surface area contributed by atoms with Crippen LogP contribution in [0.3, 0.4) is 0 Å². The Bertz CT molecular complexity index is 991. The number of furan rings is 1. The van der Waals surface area contributed by atoms with Gasteiger partial charge >= 0.3 is 0 Å². The lowest BCUT2D eigenvalue weighted by atomic mass is 9.67. The fourth-order valence-electron chi connectivity index (χ4n) is 6.92. The van der Waals surface area contributed by atoms with Crippen LogP contribution in [-0.2, 0) is 16.4 Å². The first-order chi connectivity index (χ1) is 13.5. The van der Waals surface area contributed by atoms with E-state index in [9.17, 15) is 8.42 Å². The summed E-state index contributed by atoms with van der Waals surface area (Å²) in [4.78, 5) is 0. The lowest BCUT2D eigenvalue weighted by molar-refractivity contribution is 0.180. The van der Waals surface area contributed by atoms with E-state index in [2.05, 4.69) is 40.7 Å². The molecular weight excluding hydrogens is 382 g/mol. The largest absolute Gasteiger partial charge is 0.469 e. The number of fused-ring (bicyclic) bond motifs is 3. The number of nitrogens with two attached hydrogens (primary N) is 1. The molecule has 3 aliphatic rings. The van der Waals surface area contributed by atoms with E-state index >= 15 is 0 Å². The van der Waals surface area contributed by atoms with Crippen LogP contribution in [0.25, 0.3) is 5.57 Å². The molecule has 0 spiro atoms. The van der Waals surface area contributed by atoms with E-state index in [0.717, 1.165) is 44.3 Å². The van der Waals surface area contributed by atoms with Crippen molar-refractivity contribution in [2.75, 3.05) is 5.75 Å². The minimum absolute atomic E-state index is 0.0142. The molecule has 3 atom stereocenters. The molecule has 5 heteroatoms. The first-order valence-electron chi connectivity index (χ1n) is 10.9. The number of aryl methyl sites for hydroxylation is 1. The maximum Gasteiger partial charge on any atom is 0.209 e. The Hall–Kier alpha value is -1.33. The number of hydrogen-bond donors (Lipinski definition) is 1. The van der Waals surface area contributed by atoms with Crippen LogP contribution in [0.2, 0.25) is 0 Å². The quantitative estimate of drug-likeness (QED) is 0.661. The van der Waals surface area contributed by atoms with Gasteiger partial charge in [0, 0.05) is 17.4 Å². The van der Waals surface area contributed by atoms with E-state index in [-0.39, 0.29) is 16.6 Å². The van der Waals surface area contributed by atoms with Crippen LogP contribution in [0.15, 0.2) is 33.5 Å². The average Bonchev–Trinajstić information content (AvgIpc) is 3.21. The third kappa shape index (κ3) is 3.25. The highest BCUT2D eigenvalue weighted by atomic mass is 32.2. The minimum atomic E-state index is -3.53. The second-order valence-electron chi connectivity index (χ2n) is 10.4. The Labute approximate surface area is 175 Å². The lowest BCUT2D eigenvalue weighted by Gasteiger charge is -2.40. The molecule has 29 heavy (non-hydrogen) atoms. The SMILES string of the molecule is CC(C)=C1c2ccoc2CCC1C/C(C)=C1\CC2CC[C@@]1(CS(N)(=O)=O)C2(C)C. The highest BCUT2D eigenvalue weighted by Gasteiger charge is 2.62. The molecule has 4 nitrogen and oxygen atoms in total. The molecule has 2 fully saturated rings. The zero-order chi connectivity index (χ0) is 21.2. The molecule has 1 aromatic heterocycles. The van der Waals surface area contributed by atoms with Crippen molar-refractivity contribution in [3.8, 4) is 0 Å². The molecular formula is C24H35NO3S. The highest BCUT2D eigenvalue weighted by molar-refractivity contribution is 7.89. The van der Waals surface area contributed by atoms with Crippen molar-refractivity contribution < 1.29 is 12.8 Å². The Morgan fingerprint density at radius 2 is 1.97 bits per heavy atom. The molecule has 0 aliphatic heterocycles. The summed E-state index contributed by atoms with van der Waals surface area (Å²) >= 11 is 0. The fraction of sp³-hybridized carbons (Fsp3) is 0.667. The van der Waals surface area contributed by atoms with Crippen molar-refractivity contribution in [3.05, 3.63) is 40.4 Å². The molecule has 1 aromatic rings. The van der Waals surface area contributed by atoms with Gasteiger partial charge in [0.25, 0.3) is 0 Å². The molecule has 2 N–H and O–H groups in total. The Kier molecular flexibility index (Phi) is 4.94. The van der Waals surface area contributed by atoms with E-state index in [1.165, 1.54) is 27.9 Å². The molecule has 0 aromatic carbocycles. The fourth-order valence-corrected chi connectivity index (χ4v) is 8.30.